The van der Waals surface area contributed by atoms with E-state index in [1.165, 1.54) is 6.20 Å². The van der Waals surface area contributed by atoms with E-state index < -0.39 is 40.8 Å². The van der Waals surface area contributed by atoms with Crippen molar-refractivity contribution in [3.8, 4) is 0 Å². The summed E-state index contributed by atoms with van der Waals surface area (Å²) in [6, 6.07) is 5.77. The number of aromatic nitrogens is 1. The molecule has 0 aliphatic heterocycles. The van der Waals surface area contributed by atoms with Crippen molar-refractivity contribution in [3.63, 3.8) is 0 Å². The van der Waals surface area contributed by atoms with Gasteiger partial charge in [0.15, 0.2) is 5.84 Å². The molecule has 0 radical (unpaired) electrons. The number of amidine groups is 1. The molecule has 160 valence electrons. The summed E-state index contributed by atoms with van der Waals surface area (Å²) in [6.45, 7) is 0. The molecule has 0 spiro atoms. The highest BCUT2D eigenvalue weighted by molar-refractivity contribution is 5.97. The number of carbonyl (C=O) groups is 1. The minimum Gasteiger partial charge on any atom is -0.382 e. The average molecular weight is 432 g/mol. The molecule has 1 heterocycles. The number of nitrogens with one attached hydrogen (secondary N) is 3. The maximum Gasteiger partial charge on any atom is 0.416 e. The van der Waals surface area contributed by atoms with Gasteiger partial charge in [-0.3, -0.25) is 21.1 Å². The standard InChI is InChI=1S/C17H14F6N6O/c18-16(19,20)11-7-10(8-12(9-11)17(21,22)23)15(24)29-26-6-4-14(30)28-27-13-3-1-2-5-25-13/h1-9,26H,(H2,24,29)(H,25,27)(H,28,30)/b6-4-. The number of anilines is 1. The summed E-state index contributed by atoms with van der Waals surface area (Å²) in [5, 5.41) is 3.44. The van der Waals surface area contributed by atoms with Crippen LogP contribution in [0.5, 0.6) is 0 Å². The molecule has 1 aromatic carbocycles. The van der Waals surface area contributed by atoms with Crippen LogP contribution >= 0.6 is 0 Å². The molecule has 0 unspecified atom stereocenters. The summed E-state index contributed by atoms with van der Waals surface area (Å²) < 4.78 is 77.2. The van der Waals surface area contributed by atoms with Crippen molar-refractivity contribution in [2.75, 3.05) is 5.43 Å². The molecule has 0 bridgehead atoms. The van der Waals surface area contributed by atoms with Gasteiger partial charge in [-0.25, -0.2) is 4.98 Å². The molecular weight excluding hydrogens is 418 g/mol. The number of hydrogen-bond donors (Lipinski definition) is 4. The van der Waals surface area contributed by atoms with E-state index in [-0.39, 0.29) is 6.07 Å². The Morgan fingerprint density at radius 3 is 2.20 bits per heavy atom. The summed E-state index contributed by atoms with van der Waals surface area (Å²) in [7, 11) is 0. The van der Waals surface area contributed by atoms with Crippen LogP contribution in [-0.4, -0.2) is 16.7 Å². The SMILES string of the molecule is N/C(=N\N/C=C\C(=O)NNc1ccccn1)c1cc(C(F)(F)F)cc(C(F)(F)F)c1. The quantitative estimate of drug-likeness (QED) is 0.185. The summed E-state index contributed by atoms with van der Waals surface area (Å²) in [4.78, 5) is 15.5. The van der Waals surface area contributed by atoms with Gasteiger partial charge in [0.25, 0.3) is 5.91 Å². The Balaban J connectivity index is 2.05. The number of halogens is 6. The Kier molecular flexibility index (Phi) is 6.87. The average Bonchev–Trinajstić information content (AvgIpc) is 2.68. The van der Waals surface area contributed by atoms with Crippen molar-refractivity contribution in [1.29, 1.82) is 0 Å². The first kappa shape index (κ1) is 22.5. The second-order valence-electron chi connectivity index (χ2n) is 5.58. The van der Waals surface area contributed by atoms with E-state index in [0.717, 1.165) is 12.3 Å². The van der Waals surface area contributed by atoms with Gasteiger partial charge in [-0.1, -0.05) is 6.07 Å². The van der Waals surface area contributed by atoms with Crippen LogP contribution in [-0.2, 0) is 17.1 Å². The lowest BCUT2D eigenvalue weighted by Crippen LogP contribution is -2.28. The lowest BCUT2D eigenvalue weighted by Gasteiger charge is -2.13. The Bertz CT molecular complexity index is 908. The first-order valence-electron chi connectivity index (χ1n) is 7.99. The summed E-state index contributed by atoms with van der Waals surface area (Å²) >= 11 is 0. The van der Waals surface area contributed by atoms with E-state index in [4.69, 9.17) is 5.73 Å². The third kappa shape index (κ3) is 6.68. The molecule has 0 saturated heterocycles. The number of hydrazine groups is 1. The van der Waals surface area contributed by atoms with Crippen LogP contribution in [0.15, 0.2) is 60.0 Å². The second kappa shape index (κ2) is 9.15. The predicted octanol–water partition coefficient (Wildman–Crippen LogP) is 2.99. The van der Waals surface area contributed by atoms with Crippen molar-refractivity contribution in [2.45, 2.75) is 12.4 Å². The smallest absolute Gasteiger partial charge is 0.382 e. The van der Waals surface area contributed by atoms with E-state index in [2.05, 4.69) is 26.4 Å². The van der Waals surface area contributed by atoms with Crippen molar-refractivity contribution in [1.82, 2.24) is 15.8 Å². The highest BCUT2D eigenvalue weighted by Gasteiger charge is 2.37. The molecule has 2 aromatic rings. The molecule has 1 aromatic heterocycles. The first-order valence-corrected chi connectivity index (χ1v) is 7.99. The largest absolute Gasteiger partial charge is 0.416 e. The minimum absolute atomic E-state index is 0.0248. The normalized spacial score (nSPS) is 12.7. The third-order valence-corrected chi connectivity index (χ3v) is 3.36. The summed E-state index contributed by atoms with van der Waals surface area (Å²) in [6.07, 6.45) is -6.62. The van der Waals surface area contributed by atoms with Crippen molar-refractivity contribution < 1.29 is 31.1 Å². The number of rotatable bonds is 6. The van der Waals surface area contributed by atoms with E-state index in [0.29, 0.717) is 18.0 Å². The van der Waals surface area contributed by atoms with Crippen LogP contribution in [0.25, 0.3) is 0 Å². The van der Waals surface area contributed by atoms with E-state index in [9.17, 15) is 31.1 Å². The van der Waals surface area contributed by atoms with Crippen LogP contribution in [0.4, 0.5) is 32.2 Å². The van der Waals surface area contributed by atoms with Gasteiger partial charge in [0.2, 0.25) is 0 Å². The molecule has 7 nitrogen and oxygen atoms in total. The molecule has 30 heavy (non-hydrogen) atoms. The molecule has 1 amide bonds. The van der Waals surface area contributed by atoms with Crippen LogP contribution in [0.3, 0.4) is 0 Å². The van der Waals surface area contributed by atoms with Gasteiger partial charge in [0.1, 0.15) is 5.82 Å². The van der Waals surface area contributed by atoms with Gasteiger partial charge >= 0.3 is 12.4 Å². The molecule has 0 aliphatic rings. The van der Waals surface area contributed by atoms with Gasteiger partial charge in [-0.05, 0) is 30.3 Å². The molecule has 0 fully saturated rings. The number of hydrazone groups is 1. The molecule has 0 aliphatic carbocycles. The number of benzene rings is 1. The lowest BCUT2D eigenvalue weighted by molar-refractivity contribution is -0.143. The Morgan fingerprint density at radius 2 is 1.67 bits per heavy atom. The van der Waals surface area contributed by atoms with Gasteiger partial charge in [0.05, 0.1) is 11.1 Å². The molecule has 0 atom stereocenters. The number of alkyl halides is 6. The number of nitrogens with two attached hydrogens (primary N) is 1. The van der Waals surface area contributed by atoms with Crippen molar-refractivity contribution in [2.24, 2.45) is 10.8 Å². The fourth-order valence-electron chi connectivity index (χ4n) is 1.99. The molecule has 0 saturated carbocycles. The third-order valence-electron chi connectivity index (χ3n) is 3.36. The molecule has 13 heteroatoms. The predicted molar refractivity (Wildman–Crippen MR) is 95.4 cm³/mol. The maximum absolute atomic E-state index is 12.9. The zero-order valence-electron chi connectivity index (χ0n) is 14.8. The van der Waals surface area contributed by atoms with Crippen LogP contribution < -0.4 is 22.0 Å². The number of amides is 1. The second-order valence-corrected chi connectivity index (χ2v) is 5.58. The Morgan fingerprint density at radius 1 is 1.03 bits per heavy atom. The van der Waals surface area contributed by atoms with E-state index in [1.54, 1.807) is 18.2 Å². The van der Waals surface area contributed by atoms with E-state index in [1.807, 2.05) is 0 Å². The molecular formula is C17H14F6N6O. The number of nitrogens with zero attached hydrogens (tertiary/aromatic N) is 2. The van der Waals surface area contributed by atoms with Gasteiger partial charge in [-0.15, -0.1) is 0 Å². The summed E-state index contributed by atoms with van der Waals surface area (Å²) in [5.74, 6) is -0.942. The highest BCUT2D eigenvalue weighted by Crippen LogP contribution is 2.36. The fourth-order valence-corrected chi connectivity index (χ4v) is 1.99. The molecule has 5 N–H and O–H groups in total. The maximum atomic E-state index is 12.9. The monoisotopic (exact) mass is 432 g/mol. The van der Waals surface area contributed by atoms with Crippen molar-refractivity contribution >= 4 is 17.6 Å². The Hall–Kier alpha value is -3.77. The number of hydrogen-bond acceptors (Lipinski definition) is 5. The zero-order chi connectivity index (χ0) is 22.4. The van der Waals surface area contributed by atoms with Gasteiger partial charge in [0, 0.05) is 24.0 Å². The number of pyridine rings is 1. The first-order chi connectivity index (χ1) is 14.0. The van der Waals surface area contributed by atoms with Crippen LogP contribution in [0.2, 0.25) is 0 Å². The zero-order valence-corrected chi connectivity index (χ0v) is 14.8. The van der Waals surface area contributed by atoms with E-state index >= 15 is 0 Å². The number of carbonyl (C=O) groups excluding carboxylic acids is 1. The fraction of sp³-hybridized carbons (Fsp3) is 0.118. The minimum atomic E-state index is -5.01. The summed E-state index contributed by atoms with van der Waals surface area (Å²) in [5.41, 5.74) is 8.72. The topological polar surface area (TPSA) is 104 Å². The van der Waals surface area contributed by atoms with Crippen LogP contribution in [0, 0.1) is 0 Å². The lowest BCUT2D eigenvalue weighted by atomic mass is 10.0. The van der Waals surface area contributed by atoms with Gasteiger partial charge < -0.3 is 5.73 Å². The molecule has 2 rings (SSSR count). The highest BCUT2D eigenvalue weighted by atomic mass is 19.4. The Labute approximate surface area is 165 Å². The van der Waals surface area contributed by atoms with Gasteiger partial charge in [-0.2, -0.15) is 31.4 Å². The van der Waals surface area contributed by atoms with Crippen molar-refractivity contribution in [3.05, 3.63) is 71.6 Å². The van der Waals surface area contributed by atoms with Crippen LogP contribution in [0.1, 0.15) is 16.7 Å².